The number of rotatable bonds is 15. The standard InChI is InChI=1S/C30H35Cl2F2N3O3S/c1-30(2,12-5-6-19-11-13-35-26(34)14-19)36-17-22(38)18-37(3)41-29-23(31)15-21(16-24(29)32)28-20(9-10-27(39)40)7-4-8-25(28)33/h4,7-8,11,13-16,22,36,38H,5-6,9-10,12,17-18H2,1-3H3,(H,39,40). The lowest BCUT2D eigenvalue weighted by Gasteiger charge is -2.29. The van der Waals surface area contributed by atoms with Crippen molar-refractivity contribution < 1.29 is 23.8 Å². The van der Waals surface area contributed by atoms with Gasteiger partial charge in [-0.15, -0.1) is 0 Å². The fourth-order valence-electron chi connectivity index (χ4n) is 4.50. The number of aliphatic carboxylic acids is 1. The fourth-order valence-corrected chi connectivity index (χ4v) is 6.05. The lowest BCUT2D eigenvalue weighted by molar-refractivity contribution is -0.136. The zero-order chi connectivity index (χ0) is 30.2. The van der Waals surface area contributed by atoms with Crippen molar-refractivity contribution in [2.45, 2.75) is 62.5 Å². The van der Waals surface area contributed by atoms with Crippen LogP contribution in [0, 0.1) is 11.8 Å². The van der Waals surface area contributed by atoms with Crippen molar-refractivity contribution >= 4 is 41.1 Å². The second kappa shape index (κ2) is 15.3. The number of halogens is 4. The number of hydrogen-bond acceptors (Lipinski definition) is 6. The molecule has 0 amide bonds. The molecular weight excluding hydrogens is 591 g/mol. The van der Waals surface area contributed by atoms with Crippen LogP contribution < -0.4 is 5.32 Å². The van der Waals surface area contributed by atoms with E-state index in [4.69, 9.17) is 28.3 Å². The highest BCUT2D eigenvalue weighted by Crippen LogP contribution is 2.40. The molecule has 6 nitrogen and oxygen atoms in total. The van der Waals surface area contributed by atoms with E-state index in [2.05, 4.69) is 24.1 Å². The molecule has 0 aliphatic carbocycles. The monoisotopic (exact) mass is 625 g/mol. The summed E-state index contributed by atoms with van der Waals surface area (Å²) in [7, 11) is 1.81. The van der Waals surface area contributed by atoms with Crippen molar-refractivity contribution in [3.8, 4) is 11.1 Å². The van der Waals surface area contributed by atoms with Gasteiger partial charge in [0.1, 0.15) is 5.82 Å². The number of nitrogens with zero attached hydrogens (tertiary/aromatic N) is 2. The van der Waals surface area contributed by atoms with Crippen molar-refractivity contribution in [2.75, 3.05) is 20.1 Å². The maximum atomic E-state index is 14.8. The number of pyridine rings is 1. The van der Waals surface area contributed by atoms with Crippen LogP contribution in [0.15, 0.2) is 53.6 Å². The fraction of sp³-hybridized carbons (Fsp3) is 0.400. The number of β-amino-alcohol motifs (C(OH)–C–C–N with tert-alkyl or cyclic N) is 1. The molecular formula is C30H35Cl2F2N3O3S. The molecule has 0 radical (unpaired) electrons. The number of aliphatic hydroxyl groups excluding tert-OH is 1. The van der Waals surface area contributed by atoms with Crippen LogP contribution in [0.25, 0.3) is 11.1 Å². The van der Waals surface area contributed by atoms with Crippen LogP contribution in [0.5, 0.6) is 0 Å². The summed E-state index contributed by atoms with van der Waals surface area (Å²) in [6.07, 6.45) is 3.28. The van der Waals surface area contributed by atoms with Gasteiger partial charge in [-0.25, -0.2) is 13.7 Å². The summed E-state index contributed by atoms with van der Waals surface area (Å²) in [4.78, 5) is 15.2. The highest BCUT2D eigenvalue weighted by atomic mass is 35.5. The van der Waals surface area contributed by atoms with Crippen molar-refractivity contribution in [1.82, 2.24) is 14.6 Å². The maximum Gasteiger partial charge on any atom is 0.303 e. The summed E-state index contributed by atoms with van der Waals surface area (Å²) in [6.45, 7) is 4.82. The van der Waals surface area contributed by atoms with E-state index in [0.717, 1.165) is 24.8 Å². The number of carboxylic acids is 1. The Hall–Kier alpha value is -2.27. The Morgan fingerprint density at radius 3 is 2.51 bits per heavy atom. The minimum Gasteiger partial charge on any atom is -0.481 e. The third kappa shape index (κ3) is 10.5. The second-order valence-electron chi connectivity index (χ2n) is 10.6. The molecule has 3 N–H and O–H groups in total. The Bertz CT molecular complexity index is 1320. The summed E-state index contributed by atoms with van der Waals surface area (Å²) in [5, 5.41) is 23.8. The molecule has 0 fully saturated rings. The van der Waals surface area contributed by atoms with E-state index in [1.165, 1.54) is 30.3 Å². The van der Waals surface area contributed by atoms with Gasteiger partial charge in [-0.2, -0.15) is 4.39 Å². The van der Waals surface area contributed by atoms with E-state index in [-0.39, 0.29) is 23.9 Å². The average molecular weight is 627 g/mol. The van der Waals surface area contributed by atoms with E-state index in [0.29, 0.717) is 39.2 Å². The first-order valence-electron chi connectivity index (χ1n) is 13.3. The predicted octanol–water partition coefficient (Wildman–Crippen LogP) is 7.04. The molecule has 222 valence electrons. The van der Waals surface area contributed by atoms with E-state index in [9.17, 15) is 18.7 Å². The van der Waals surface area contributed by atoms with Gasteiger partial charge in [-0.05, 0) is 106 Å². The smallest absolute Gasteiger partial charge is 0.303 e. The molecule has 0 saturated carbocycles. The second-order valence-corrected chi connectivity index (χ2v) is 12.6. The molecule has 1 atom stereocenters. The maximum absolute atomic E-state index is 14.8. The molecule has 1 unspecified atom stereocenters. The molecule has 3 aromatic rings. The summed E-state index contributed by atoms with van der Waals surface area (Å²) >= 11 is 14.4. The van der Waals surface area contributed by atoms with Crippen LogP contribution in [-0.4, -0.2) is 57.3 Å². The predicted molar refractivity (Wildman–Crippen MR) is 162 cm³/mol. The van der Waals surface area contributed by atoms with Crippen molar-refractivity contribution in [3.63, 3.8) is 0 Å². The van der Waals surface area contributed by atoms with Gasteiger partial charge >= 0.3 is 5.97 Å². The number of aliphatic hydroxyl groups is 1. The molecule has 41 heavy (non-hydrogen) atoms. The molecule has 0 aliphatic heterocycles. The molecule has 0 saturated heterocycles. The minimum absolute atomic E-state index is 0.127. The molecule has 2 aromatic carbocycles. The van der Waals surface area contributed by atoms with E-state index in [1.807, 2.05) is 17.4 Å². The third-order valence-electron chi connectivity index (χ3n) is 6.58. The van der Waals surface area contributed by atoms with Gasteiger partial charge in [0.25, 0.3) is 0 Å². The van der Waals surface area contributed by atoms with Crippen LogP contribution >= 0.6 is 35.1 Å². The van der Waals surface area contributed by atoms with E-state index >= 15 is 0 Å². The largest absolute Gasteiger partial charge is 0.481 e. The van der Waals surface area contributed by atoms with Crippen molar-refractivity contribution in [1.29, 1.82) is 0 Å². The number of aromatic nitrogens is 1. The van der Waals surface area contributed by atoms with Crippen LogP contribution in [-0.2, 0) is 17.6 Å². The summed E-state index contributed by atoms with van der Waals surface area (Å²) in [6, 6.07) is 11.1. The molecule has 0 aliphatic rings. The summed E-state index contributed by atoms with van der Waals surface area (Å²) < 4.78 is 29.9. The number of hydrogen-bond donors (Lipinski definition) is 3. The normalized spacial score (nSPS) is 12.6. The topological polar surface area (TPSA) is 85.7 Å². The zero-order valence-corrected chi connectivity index (χ0v) is 25.6. The van der Waals surface area contributed by atoms with Crippen molar-refractivity contribution in [2.24, 2.45) is 0 Å². The molecule has 1 aromatic heterocycles. The Labute approximate surface area is 254 Å². The van der Waals surface area contributed by atoms with Gasteiger partial charge < -0.3 is 15.5 Å². The van der Waals surface area contributed by atoms with Crippen LogP contribution in [0.2, 0.25) is 10.0 Å². The SMILES string of the molecule is CN(CC(O)CNC(C)(C)CCCc1ccnc(F)c1)Sc1c(Cl)cc(-c2c(F)cccc2CCC(=O)O)cc1Cl. The van der Waals surface area contributed by atoms with Crippen LogP contribution in [0.3, 0.4) is 0 Å². The van der Waals surface area contributed by atoms with Gasteiger partial charge in [0.15, 0.2) is 0 Å². The molecule has 11 heteroatoms. The molecule has 0 spiro atoms. The zero-order valence-electron chi connectivity index (χ0n) is 23.3. The van der Waals surface area contributed by atoms with Gasteiger partial charge in [-0.3, -0.25) is 4.79 Å². The molecule has 0 bridgehead atoms. The van der Waals surface area contributed by atoms with Gasteiger partial charge in [0.2, 0.25) is 5.95 Å². The Balaban J connectivity index is 1.56. The lowest BCUT2D eigenvalue weighted by Crippen LogP contribution is -2.45. The molecule has 3 rings (SSSR count). The quantitative estimate of drug-likeness (QED) is 0.123. The van der Waals surface area contributed by atoms with E-state index < -0.39 is 23.8 Å². The number of benzene rings is 2. The Morgan fingerprint density at radius 1 is 1.15 bits per heavy atom. The average Bonchev–Trinajstić information content (AvgIpc) is 2.88. The van der Waals surface area contributed by atoms with Crippen LogP contribution in [0.1, 0.15) is 44.2 Å². The first-order chi connectivity index (χ1) is 19.3. The van der Waals surface area contributed by atoms with Gasteiger partial charge in [-0.1, -0.05) is 35.3 Å². The summed E-state index contributed by atoms with van der Waals surface area (Å²) in [5.41, 5.74) is 1.98. The van der Waals surface area contributed by atoms with Gasteiger partial charge in [0.05, 0.1) is 21.0 Å². The van der Waals surface area contributed by atoms with E-state index in [1.54, 1.807) is 24.3 Å². The highest BCUT2D eigenvalue weighted by Gasteiger charge is 2.21. The lowest BCUT2D eigenvalue weighted by atomic mass is 9.95. The number of aryl methyl sites for hydroxylation is 2. The van der Waals surface area contributed by atoms with Crippen LogP contribution in [0.4, 0.5) is 8.78 Å². The third-order valence-corrected chi connectivity index (χ3v) is 8.49. The Morgan fingerprint density at radius 2 is 1.85 bits per heavy atom. The number of nitrogens with one attached hydrogen (secondary N) is 1. The number of carbonyl (C=O) groups is 1. The Kier molecular flexibility index (Phi) is 12.4. The first-order valence-corrected chi connectivity index (χ1v) is 14.8. The first kappa shape index (κ1) is 33.2. The highest BCUT2D eigenvalue weighted by molar-refractivity contribution is 7.97. The van der Waals surface area contributed by atoms with Gasteiger partial charge in [0, 0.05) is 36.8 Å². The minimum atomic E-state index is -0.967. The molecule has 1 heterocycles. The number of likely N-dealkylation sites (N-methyl/N-ethyl adjacent to an activating group) is 1. The summed E-state index contributed by atoms with van der Waals surface area (Å²) in [5.74, 6) is -1.93. The van der Waals surface area contributed by atoms with Crippen molar-refractivity contribution in [3.05, 3.63) is 81.6 Å². The number of carboxylic acid groups (broad SMARTS) is 1.